The van der Waals surface area contributed by atoms with E-state index in [-0.39, 0.29) is 6.10 Å². The molecule has 0 radical (unpaired) electrons. The van der Waals surface area contributed by atoms with Crippen LogP contribution in [-0.2, 0) is 10.8 Å². The molecule has 0 N–H and O–H groups in total. The van der Waals surface area contributed by atoms with Gasteiger partial charge in [0.2, 0.25) is 5.01 Å². The van der Waals surface area contributed by atoms with Gasteiger partial charge in [-0.15, -0.1) is 17.9 Å². The second-order valence-electron chi connectivity index (χ2n) is 8.54. The van der Waals surface area contributed by atoms with E-state index in [9.17, 15) is 22.0 Å². The van der Waals surface area contributed by atoms with Crippen LogP contribution >= 0.6 is 11.3 Å². The fraction of sp³-hybridized carbons (Fsp3) is 0.222. The lowest BCUT2D eigenvalue weighted by Crippen LogP contribution is -2.21. The third-order valence-corrected chi connectivity index (χ3v) is 7.17. The van der Waals surface area contributed by atoms with Crippen molar-refractivity contribution in [2.24, 2.45) is 5.92 Å². The molecule has 1 aliphatic rings. The number of hydrogen-bond acceptors (Lipinski definition) is 4. The van der Waals surface area contributed by atoms with Crippen molar-refractivity contribution < 1.29 is 31.4 Å². The Bertz CT molecular complexity index is 1390. The van der Waals surface area contributed by atoms with Crippen LogP contribution in [0.4, 0.5) is 22.0 Å². The molecule has 9 heteroatoms. The van der Waals surface area contributed by atoms with Crippen molar-refractivity contribution in [3.63, 3.8) is 0 Å². The van der Waals surface area contributed by atoms with E-state index in [1.807, 2.05) is 30.3 Å². The molecular formula is C27H20F5NO2S. The number of thiazole rings is 1. The molecule has 1 aliphatic heterocycles. The average molecular weight is 518 g/mol. The number of rotatable bonds is 6. The Morgan fingerprint density at radius 1 is 0.972 bits per heavy atom. The normalized spacial score (nSPS) is 18.4. The Morgan fingerprint density at radius 2 is 1.67 bits per heavy atom. The van der Waals surface area contributed by atoms with Gasteiger partial charge in [-0.1, -0.05) is 36.4 Å². The second kappa shape index (κ2) is 9.63. The zero-order valence-electron chi connectivity index (χ0n) is 18.8. The highest BCUT2D eigenvalue weighted by Gasteiger charge is 2.39. The lowest BCUT2D eigenvalue weighted by Gasteiger charge is -2.27. The first-order chi connectivity index (χ1) is 17.2. The third kappa shape index (κ3) is 4.85. The van der Waals surface area contributed by atoms with Gasteiger partial charge in [-0.2, -0.15) is 8.78 Å². The van der Waals surface area contributed by atoms with Gasteiger partial charge in [0, 0.05) is 18.1 Å². The van der Waals surface area contributed by atoms with E-state index in [0.717, 1.165) is 29.5 Å². The quantitative estimate of drug-likeness (QED) is 0.147. The Morgan fingerprint density at radius 3 is 2.31 bits per heavy atom. The number of hydrogen-bond donors (Lipinski definition) is 0. The highest BCUT2D eigenvalue weighted by atomic mass is 32.1. The average Bonchev–Trinajstić information content (AvgIpc) is 3.32. The summed E-state index contributed by atoms with van der Waals surface area (Å²) in [6, 6.07) is 13.8. The molecule has 3 aromatic carbocycles. The summed E-state index contributed by atoms with van der Waals surface area (Å²) in [5.74, 6) is -5.49. The van der Waals surface area contributed by atoms with Crippen molar-refractivity contribution in [2.45, 2.75) is 25.1 Å². The first-order valence-corrected chi connectivity index (χ1v) is 12.0. The summed E-state index contributed by atoms with van der Waals surface area (Å²) in [6.45, 7) is 4.47. The van der Waals surface area contributed by atoms with E-state index in [4.69, 9.17) is 4.74 Å². The maximum absolute atomic E-state index is 14.7. The van der Waals surface area contributed by atoms with Crippen LogP contribution in [0.2, 0.25) is 0 Å². The van der Waals surface area contributed by atoms with E-state index in [1.165, 1.54) is 0 Å². The molecule has 2 atom stereocenters. The van der Waals surface area contributed by atoms with Crippen molar-refractivity contribution in [3.8, 4) is 16.9 Å². The molecule has 4 aromatic rings. The molecule has 5 rings (SSSR count). The summed E-state index contributed by atoms with van der Waals surface area (Å²) in [4.78, 5) is 3.92. The van der Waals surface area contributed by atoms with Crippen LogP contribution in [0.25, 0.3) is 21.3 Å². The van der Waals surface area contributed by atoms with Gasteiger partial charge < -0.3 is 9.47 Å². The fourth-order valence-electron chi connectivity index (χ4n) is 4.12. The topological polar surface area (TPSA) is 31.4 Å². The maximum Gasteiger partial charge on any atom is 0.454 e. The minimum Gasteiger partial charge on any atom is -0.427 e. The van der Waals surface area contributed by atoms with Gasteiger partial charge >= 0.3 is 6.11 Å². The molecular weight excluding hydrogens is 497 g/mol. The molecule has 0 spiro atoms. The smallest absolute Gasteiger partial charge is 0.427 e. The lowest BCUT2D eigenvalue weighted by molar-refractivity contribution is -0.185. The summed E-state index contributed by atoms with van der Waals surface area (Å²) < 4.78 is 80.2. The van der Waals surface area contributed by atoms with E-state index in [2.05, 4.69) is 16.3 Å². The molecule has 0 bridgehead atoms. The number of fused-ring (bicyclic) bond motifs is 1. The molecule has 2 unspecified atom stereocenters. The second-order valence-corrected chi connectivity index (χ2v) is 9.57. The zero-order valence-corrected chi connectivity index (χ0v) is 19.6. The molecule has 0 aliphatic carbocycles. The molecule has 186 valence electrons. The van der Waals surface area contributed by atoms with Gasteiger partial charge in [0.25, 0.3) is 0 Å². The standard InChI is InChI=1S/C27H20F5NO2S/c1-2-15-3-10-23(34-14-15)17-6-4-16(5-7-17)18-8-9-22-24(11-18)36-26(33-22)27(31,32)35-19-12-20(28)25(30)21(29)13-19/h2,4-9,11-13,15,23H,1,3,10,14H2. The predicted molar refractivity (Wildman–Crippen MR) is 128 cm³/mol. The molecule has 3 nitrogen and oxygen atoms in total. The van der Waals surface area contributed by atoms with E-state index >= 15 is 0 Å². The molecule has 0 saturated carbocycles. The van der Waals surface area contributed by atoms with Gasteiger partial charge in [0.15, 0.2) is 17.5 Å². The van der Waals surface area contributed by atoms with E-state index in [1.54, 1.807) is 18.2 Å². The molecule has 0 amide bonds. The van der Waals surface area contributed by atoms with Crippen LogP contribution in [-0.4, -0.2) is 11.6 Å². The van der Waals surface area contributed by atoms with Crippen LogP contribution < -0.4 is 4.74 Å². The molecule has 1 fully saturated rings. The summed E-state index contributed by atoms with van der Waals surface area (Å²) in [5.41, 5.74) is 3.11. The Hall–Kier alpha value is -3.30. The minimum absolute atomic E-state index is 0.0343. The highest BCUT2D eigenvalue weighted by molar-refractivity contribution is 7.18. The van der Waals surface area contributed by atoms with Crippen LogP contribution in [0.3, 0.4) is 0 Å². The number of aromatic nitrogens is 1. The number of benzene rings is 3. The Labute approximate surface area is 207 Å². The van der Waals surface area contributed by atoms with Crippen LogP contribution in [0, 0.1) is 23.4 Å². The van der Waals surface area contributed by atoms with Crippen molar-refractivity contribution in [1.29, 1.82) is 0 Å². The molecule has 36 heavy (non-hydrogen) atoms. The summed E-state index contributed by atoms with van der Waals surface area (Å²) in [6.07, 6.45) is -0.0804. The lowest BCUT2D eigenvalue weighted by atomic mass is 9.94. The summed E-state index contributed by atoms with van der Waals surface area (Å²) in [5, 5.41) is -0.692. The Balaban J connectivity index is 1.35. The predicted octanol–water partition coefficient (Wildman–Crippen LogP) is 8.16. The van der Waals surface area contributed by atoms with Gasteiger partial charge in [-0.25, -0.2) is 18.2 Å². The monoisotopic (exact) mass is 517 g/mol. The number of nitrogens with zero attached hydrogens (tertiary/aromatic N) is 1. The zero-order chi connectivity index (χ0) is 25.4. The van der Waals surface area contributed by atoms with Crippen molar-refractivity contribution in [3.05, 3.63) is 95.3 Å². The molecule has 1 aromatic heterocycles. The Kier molecular flexibility index (Phi) is 6.53. The highest BCUT2D eigenvalue weighted by Crippen LogP contribution is 2.39. The molecule has 2 heterocycles. The van der Waals surface area contributed by atoms with E-state index < -0.39 is 34.3 Å². The van der Waals surface area contributed by atoms with Gasteiger partial charge in [-0.3, -0.25) is 0 Å². The summed E-state index contributed by atoms with van der Waals surface area (Å²) in [7, 11) is 0. The van der Waals surface area contributed by atoms with Gasteiger partial charge in [0.05, 0.1) is 22.9 Å². The van der Waals surface area contributed by atoms with Gasteiger partial charge in [-0.05, 0) is 41.7 Å². The largest absolute Gasteiger partial charge is 0.454 e. The minimum atomic E-state index is -3.98. The third-order valence-electron chi connectivity index (χ3n) is 6.10. The number of alkyl halides is 2. The van der Waals surface area contributed by atoms with Gasteiger partial charge in [0.1, 0.15) is 5.75 Å². The fourth-order valence-corrected chi connectivity index (χ4v) is 5.04. The van der Waals surface area contributed by atoms with Crippen molar-refractivity contribution >= 4 is 21.6 Å². The van der Waals surface area contributed by atoms with Crippen molar-refractivity contribution in [1.82, 2.24) is 4.98 Å². The number of ether oxygens (including phenoxy) is 2. The van der Waals surface area contributed by atoms with Crippen molar-refractivity contribution in [2.75, 3.05) is 6.61 Å². The van der Waals surface area contributed by atoms with Crippen LogP contribution in [0.1, 0.15) is 29.5 Å². The summed E-state index contributed by atoms with van der Waals surface area (Å²) >= 11 is 0.696. The van der Waals surface area contributed by atoms with E-state index in [0.29, 0.717) is 46.2 Å². The maximum atomic E-state index is 14.7. The first kappa shape index (κ1) is 24.4. The van der Waals surface area contributed by atoms with Crippen LogP contribution in [0.15, 0.2) is 67.3 Å². The molecule has 1 saturated heterocycles. The SMILES string of the molecule is C=CC1CCC(c2ccc(-c3ccc4nc(C(F)(F)Oc5cc(F)c(F)c(F)c5)sc4c3)cc2)OC1. The number of halogens is 5. The van der Waals surface area contributed by atoms with Crippen LogP contribution in [0.5, 0.6) is 5.75 Å². The first-order valence-electron chi connectivity index (χ1n) is 11.2.